The molecule has 2 rings (SSSR count). The minimum atomic E-state index is -1.75. The number of Topliss-reactive ketones (excluding diaryl/α,β-unsaturated/α-hetero) is 2. The Labute approximate surface area is 166 Å². The van der Waals surface area contributed by atoms with Crippen LogP contribution in [-0.4, -0.2) is 48.6 Å². The number of hydrogen-bond acceptors (Lipinski definition) is 6. The number of nitrogens with one attached hydrogen (secondary N) is 2. The Hall–Kier alpha value is -1.80. The lowest BCUT2D eigenvalue weighted by atomic mass is 9.69. The van der Waals surface area contributed by atoms with Crippen molar-refractivity contribution in [1.82, 2.24) is 10.6 Å². The molecular formula is C20H34N4O4. The second-order valence-electron chi connectivity index (χ2n) is 8.03. The monoisotopic (exact) mass is 394 g/mol. The summed E-state index contributed by atoms with van der Waals surface area (Å²) in [5.41, 5.74) is 9.10. The average molecular weight is 395 g/mol. The molecule has 2 aliphatic heterocycles. The topological polar surface area (TPSA) is 144 Å². The van der Waals surface area contributed by atoms with Gasteiger partial charge < -0.3 is 22.1 Å². The van der Waals surface area contributed by atoms with Gasteiger partial charge >= 0.3 is 0 Å². The molecule has 6 N–H and O–H groups in total. The van der Waals surface area contributed by atoms with Crippen LogP contribution in [0.4, 0.5) is 0 Å². The van der Waals surface area contributed by atoms with Gasteiger partial charge in [0.2, 0.25) is 11.8 Å². The summed E-state index contributed by atoms with van der Waals surface area (Å²) in [6.07, 6.45) is 7.25. The highest BCUT2D eigenvalue weighted by Crippen LogP contribution is 2.34. The lowest BCUT2D eigenvalue weighted by Gasteiger charge is -2.32. The summed E-state index contributed by atoms with van der Waals surface area (Å²) in [7, 11) is 0. The molecule has 2 atom stereocenters. The standard InChI is InChI=1S/C20H34N4O4/c21-16(25)10-4-2-1-3-5-11-20(19(22)28,17(26)14-8-6-12-23-14)18(27)15-9-7-13-24-15/h14-15,23-24H,1-13H2,(H2,21,25)(H2,22,28)/t14-,15-/m0/s1. The smallest absolute Gasteiger partial charge is 0.238 e. The van der Waals surface area contributed by atoms with Crippen molar-refractivity contribution in [2.75, 3.05) is 13.1 Å². The van der Waals surface area contributed by atoms with Gasteiger partial charge in [-0.05, 0) is 51.6 Å². The predicted molar refractivity (Wildman–Crippen MR) is 105 cm³/mol. The Morgan fingerprint density at radius 2 is 1.29 bits per heavy atom. The fourth-order valence-corrected chi connectivity index (χ4v) is 4.37. The average Bonchev–Trinajstić information content (AvgIpc) is 3.36. The van der Waals surface area contributed by atoms with E-state index in [4.69, 9.17) is 11.5 Å². The Bertz CT molecular complexity index is 553. The number of ketones is 2. The predicted octanol–water partition coefficient (Wildman–Crippen LogP) is 0.316. The highest BCUT2D eigenvalue weighted by molar-refractivity contribution is 6.25. The van der Waals surface area contributed by atoms with Crippen molar-refractivity contribution in [2.24, 2.45) is 16.9 Å². The van der Waals surface area contributed by atoms with E-state index in [0.717, 1.165) is 38.5 Å². The van der Waals surface area contributed by atoms with E-state index in [9.17, 15) is 19.2 Å². The molecule has 8 nitrogen and oxygen atoms in total. The zero-order valence-corrected chi connectivity index (χ0v) is 16.6. The van der Waals surface area contributed by atoms with Crippen LogP contribution in [0.3, 0.4) is 0 Å². The van der Waals surface area contributed by atoms with Crippen molar-refractivity contribution in [1.29, 1.82) is 0 Å². The number of carbonyl (C=O) groups excluding carboxylic acids is 4. The normalized spacial score (nSPS) is 22.3. The molecule has 2 saturated heterocycles. The maximum atomic E-state index is 13.3. The van der Waals surface area contributed by atoms with Gasteiger partial charge in [0.05, 0.1) is 12.1 Å². The highest BCUT2D eigenvalue weighted by atomic mass is 16.2. The molecule has 0 bridgehead atoms. The minimum Gasteiger partial charge on any atom is -0.370 e. The van der Waals surface area contributed by atoms with Gasteiger partial charge in [0.1, 0.15) is 0 Å². The van der Waals surface area contributed by atoms with Crippen LogP contribution in [0.5, 0.6) is 0 Å². The van der Waals surface area contributed by atoms with E-state index in [1.165, 1.54) is 0 Å². The van der Waals surface area contributed by atoms with Crippen LogP contribution in [0.2, 0.25) is 0 Å². The number of primary amides is 2. The third kappa shape index (κ3) is 5.38. The first-order valence-corrected chi connectivity index (χ1v) is 10.5. The van der Waals surface area contributed by atoms with Crippen molar-refractivity contribution in [3.05, 3.63) is 0 Å². The molecule has 0 unspecified atom stereocenters. The Morgan fingerprint density at radius 3 is 1.71 bits per heavy atom. The van der Waals surface area contributed by atoms with E-state index in [-0.39, 0.29) is 23.9 Å². The lowest BCUT2D eigenvalue weighted by molar-refractivity contribution is -0.151. The van der Waals surface area contributed by atoms with E-state index in [1.54, 1.807) is 0 Å². The van der Waals surface area contributed by atoms with Crippen molar-refractivity contribution >= 4 is 23.4 Å². The van der Waals surface area contributed by atoms with Crippen LogP contribution in [0.25, 0.3) is 0 Å². The van der Waals surface area contributed by atoms with Crippen molar-refractivity contribution < 1.29 is 19.2 Å². The number of carbonyl (C=O) groups is 4. The summed E-state index contributed by atoms with van der Waals surface area (Å²) in [6.45, 7) is 1.42. The number of amides is 2. The van der Waals surface area contributed by atoms with Crippen LogP contribution in [0.15, 0.2) is 0 Å². The van der Waals surface area contributed by atoms with Crippen LogP contribution in [-0.2, 0) is 19.2 Å². The van der Waals surface area contributed by atoms with E-state index in [0.29, 0.717) is 38.8 Å². The zero-order chi connectivity index (χ0) is 20.6. The maximum Gasteiger partial charge on any atom is 0.238 e. The SMILES string of the molecule is NC(=O)CCCCCCCC(C(N)=O)(C(=O)[C@@H]1CCCN1)C(=O)[C@@H]1CCCN1. The molecule has 2 heterocycles. The number of hydrogen-bond donors (Lipinski definition) is 4. The van der Waals surface area contributed by atoms with Gasteiger partial charge in [-0.3, -0.25) is 19.2 Å². The van der Waals surface area contributed by atoms with Gasteiger partial charge in [0, 0.05) is 6.42 Å². The van der Waals surface area contributed by atoms with E-state index >= 15 is 0 Å². The van der Waals surface area contributed by atoms with Crippen molar-refractivity contribution in [2.45, 2.75) is 82.7 Å². The molecule has 158 valence electrons. The summed E-state index contributed by atoms with van der Waals surface area (Å²) in [5.74, 6) is -1.84. The summed E-state index contributed by atoms with van der Waals surface area (Å²) >= 11 is 0. The second kappa shape index (κ2) is 10.7. The molecule has 0 spiro atoms. The van der Waals surface area contributed by atoms with Crippen molar-refractivity contribution in [3.8, 4) is 0 Å². The molecule has 8 heteroatoms. The first-order chi connectivity index (χ1) is 13.4. The van der Waals surface area contributed by atoms with Crippen LogP contribution < -0.4 is 22.1 Å². The summed E-state index contributed by atoms with van der Waals surface area (Å²) < 4.78 is 0. The molecule has 0 aromatic heterocycles. The first-order valence-electron chi connectivity index (χ1n) is 10.5. The van der Waals surface area contributed by atoms with Gasteiger partial charge in [-0.1, -0.05) is 25.7 Å². The molecule has 2 amide bonds. The minimum absolute atomic E-state index is 0.159. The fourth-order valence-electron chi connectivity index (χ4n) is 4.37. The summed E-state index contributed by atoms with van der Waals surface area (Å²) in [5, 5.41) is 6.23. The Kier molecular flexibility index (Phi) is 8.57. The first kappa shape index (κ1) is 22.5. The highest BCUT2D eigenvalue weighted by Gasteiger charge is 2.54. The molecule has 0 aliphatic carbocycles. The Morgan fingerprint density at radius 1 is 0.786 bits per heavy atom. The molecule has 0 radical (unpaired) electrons. The number of unbranched alkanes of at least 4 members (excludes halogenated alkanes) is 4. The summed E-state index contributed by atoms with van der Waals surface area (Å²) in [6, 6.07) is -0.957. The third-order valence-electron chi connectivity index (χ3n) is 5.99. The quantitative estimate of drug-likeness (QED) is 0.261. The molecule has 2 aliphatic rings. The van der Waals surface area contributed by atoms with Gasteiger partial charge in [0.25, 0.3) is 0 Å². The Balaban J connectivity index is 2.05. The van der Waals surface area contributed by atoms with Crippen molar-refractivity contribution in [3.63, 3.8) is 0 Å². The largest absolute Gasteiger partial charge is 0.370 e. The van der Waals surface area contributed by atoms with E-state index in [2.05, 4.69) is 10.6 Å². The molecule has 28 heavy (non-hydrogen) atoms. The molecule has 2 fully saturated rings. The second-order valence-corrected chi connectivity index (χ2v) is 8.03. The van der Waals surface area contributed by atoms with Crippen LogP contribution in [0.1, 0.15) is 70.6 Å². The van der Waals surface area contributed by atoms with Gasteiger partial charge in [-0.15, -0.1) is 0 Å². The number of nitrogens with two attached hydrogens (primary N) is 2. The third-order valence-corrected chi connectivity index (χ3v) is 5.99. The summed E-state index contributed by atoms with van der Waals surface area (Å²) in [4.78, 5) is 49.9. The van der Waals surface area contributed by atoms with Gasteiger partial charge in [0.15, 0.2) is 17.0 Å². The van der Waals surface area contributed by atoms with E-state index in [1.807, 2.05) is 0 Å². The zero-order valence-electron chi connectivity index (χ0n) is 16.6. The van der Waals surface area contributed by atoms with Gasteiger partial charge in [-0.25, -0.2) is 0 Å². The molecule has 0 aromatic carbocycles. The van der Waals surface area contributed by atoms with Crippen LogP contribution >= 0.6 is 0 Å². The number of rotatable bonds is 13. The lowest BCUT2D eigenvalue weighted by Crippen LogP contribution is -2.59. The van der Waals surface area contributed by atoms with E-state index < -0.39 is 23.4 Å². The molecular weight excluding hydrogens is 360 g/mol. The molecule has 0 aromatic rings. The van der Waals surface area contributed by atoms with Crippen LogP contribution in [0, 0.1) is 5.41 Å². The van der Waals surface area contributed by atoms with Gasteiger partial charge in [-0.2, -0.15) is 0 Å². The molecule has 0 saturated carbocycles. The fraction of sp³-hybridized carbons (Fsp3) is 0.800. The maximum absolute atomic E-state index is 13.3.